The fourth-order valence-corrected chi connectivity index (χ4v) is 4.73. The maximum atomic E-state index is 13.0. The van der Waals surface area contributed by atoms with Crippen LogP contribution in [0, 0.1) is 5.82 Å². The van der Waals surface area contributed by atoms with Crippen LogP contribution in [-0.2, 0) is 6.54 Å². The quantitative estimate of drug-likeness (QED) is 0.652. The van der Waals surface area contributed by atoms with E-state index >= 15 is 0 Å². The molecule has 134 valence electrons. The van der Waals surface area contributed by atoms with Gasteiger partial charge in [-0.3, -0.25) is 9.69 Å². The number of carbonyl (C=O) groups excluding carboxylic acids is 1. The van der Waals surface area contributed by atoms with Gasteiger partial charge >= 0.3 is 0 Å². The van der Waals surface area contributed by atoms with Crippen molar-refractivity contribution in [3.8, 4) is 0 Å². The fraction of sp³-hybridized carbons (Fsp3) is 0.250. The predicted molar refractivity (Wildman–Crippen MR) is 104 cm³/mol. The first kappa shape index (κ1) is 17.5. The van der Waals surface area contributed by atoms with E-state index in [4.69, 9.17) is 11.6 Å². The van der Waals surface area contributed by atoms with Crippen LogP contribution in [0.2, 0.25) is 5.02 Å². The van der Waals surface area contributed by atoms with E-state index in [1.807, 2.05) is 41.3 Å². The first-order valence-corrected chi connectivity index (χ1v) is 9.74. The zero-order valence-electron chi connectivity index (χ0n) is 14.1. The van der Waals surface area contributed by atoms with Gasteiger partial charge in [-0.1, -0.05) is 41.9 Å². The smallest absolute Gasteiger partial charge is 0.265 e. The number of rotatable bonds is 3. The number of amides is 1. The van der Waals surface area contributed by atoms with Crippen LogP contribution in [0.3, 0.4) is 0 Å². The Hall–Kier alpha value is -1.95. The van der Waals surface area contributed by atoms with Gasteiger partial charge < -0.3 is 4.90 Å². The second-order valence-corrected chi connectivity index (χ2v) is 7.87. The third-order valence-electron chi connectivity index (χ3n) is 4.71. The number of thiophene rings is 1. The number of hydrogen-bond donors (Lipinski definition) is 0. The van der Waals surface area contributed by atoms with E-state index < -0.39 is 0 Å². The average molecular weight is 389 g/mol. The fourth-order valence-electron chi connectivity index (χ4n) is 3.25. The highest BCUT2D eigenvalue weighted by molar-refractivity contribution is 7.21. The Balaban J connectivity index is 1.41. The molecule has 6 heteroatoms. The lowest BCUT2D eigenvalue weighted by Crippen LogP contribution is -2.48. The molecule has 0 radical (unpaired) electrons. The number of piperazine rings is 1. The number of halogens is 2. The maximum absolute atomic E-state index is 13.0. The Morgan fingerprint density at radius 2 is 1.73 bits per heavy atom. The number of carbonyl (C=O) groups is 1. The summed E-state index contributed by atoms with van der Waals surface area (Å²) in [6.07, 6.45) is 0. The Morgan fingerprint density at radius 1 is 1.04 bits per heavy atom. The van der Waals surface area contributed by atoms with Gasteiger partial charge in [0, 0.05) is 42.8 Å². The zero-order valence-corrected chi connectivity index (χ0v) is 15.7. The first-order valence-electron chi connectivity index (χ1n) is 8.55. The molecule has 0 N–H and O–H groups in total. The van der Waals surface area contributed by atoms with Crippen LogP contribution in [0.4, 0.5) is 4.39 Å². The van der Waals surface area contributed by atoms with Crippen molar-refractivity contribution in [2.45, 2.75) is 6.54 Å². The minimum absolute atomic E-state index is 0.0117. The second-order valence-electron chi connectivity index (χ2n) is 6.44. The van der Waals surface area contributed by atoms with E-state index in [2.05, 4.69) is 4.90 Å². The van der Waals surface area contributed by atoms with Gasteiger partial charge in [0.05, 0.1) is 5.02 Å². The molecule has 0 saturated carbocycles. The summed E-state index contributed by atoms with van der Waals surface area (Å²) in [6, 6.07) is 14.4. The molecule has 3 aromatic rings. The summed E-state index contributed by atoms with van der Waals surface area (Å²) in [5, 5.41) is 1.50. The van der Waals surface area contributed by atoms with E-state index in [0.29, 0.717) is 23.0 Å². The van der Waals surface area contributed by atoms with Gasteiger partial charge in [0.15, 0.2) is 0 Å². The zero-order chi connectivity index (χ0) is 18.1. The summed E-state index contributed by atoms with van der Waals surface area (Å²) < 4.78 is 14.0. The minimum atomic E-state index is -0.218. The SMILES string of the molecule is O=C(c1sc2ccccc2c1Cl)N1CCN(Cc2ccc(F)cc2)CC1. The summed E-state index contributed by atoms with van der Waals surface area (Å²) >= 11 is 7.90. The van der Waals surface area contributed by atoms with E-state index in [1.165, 1.54) is 23.5 Å². The van der Waals surface area contributed by atoms with Crippen molar-refractivity contribution in [1.82, 2.24) is 9.80 Å². The average Bonchev–Trinajstić information content (AvgIpc) is 3.01. The number of benzene rings is 2. The van der Waals surface area contributed by atoms with Crippen molar-refractivity contribution >= 4 is 38.9 Å². The van der Waals surface area contributed by atoms with Gasteiger partial charge in [0.25, 0.3) is 5.91 Å². The molecule has 0 atom stereocenters. The standard InChI is InChI=1S/C20H18ClFN2OS/c21-18-16-3-1-2-4-17(16)26-19(18)20(25)24-11-9-23(10-12-24)13-14-5-7-15(22)8-6-14/h1-8H,9-13H2. The monoisotopic (exact) mass is 388 g/mol. The largest absolute Gasteiger partial charge is 0.335 e. The molecule has 2 heterocycles. The Labute approximate surface area is 160 Å². The number of fused-ring (bicyclic) bond motifs is 1. The van der Waals surface area contributed by atoms with Crippen molar-refractivity contribution < 1.29 is 9.18 Å². The molecule has 4 rings (SSSR count). The summed E-state index contributed by atoms with van der Waals surface area (Å²) in [7, 11) is 0. The molecule has 0 aliphatic carbocycles. The van der Waals surface area contributed by atoms with Gasteiger partial charge in [0.1, 0.15) is 10.7 Å². The van der Waals surface area contributed by atoms with Crippen LogP contribution in [0.25, 0.3) is 10.1 Å². The van der Waals surface area contributed by atoms with Crippen LogP contribution in [0.15, 0.2) is 48.5 Å². The highest BCUT2D eigenvalue weighted by Gasteiger charge is 2.26. The van der Waals surface area contributed by atoms with E-state index in [1.54, 1.807) is 0 Å². The van der Waals surface area contributed by atoms with Crippen molar-refractivity contribution in [1.29, 1.82) is 0 Å². The van der Waals surface area contributed by atoms with Crippen LogP contribution in [0.1, 0.15) is 15.2 Å². The first-order chi connectivity index (χ1) is 12.6. The molecule has 1 fully saturated rings. The van der Waals surface area contributed by atoms with Gasteiger partial charge in [-0.15, -0.1) is 11.3 Å². The van der Waals surface area contributed by atoms with E-state index in [9.17, 15) is 9.18 Å². The molecule has 1 aliphatic rings. The van der Waals surface area contributed by atoms with Crippen LogP contribution < -0.4 is 0 Å². The second kappa shape index (κ2) is 7.35. The summed E-state index contributed by atoms with van der Waals surface area (Å²) in [5.74, 6) is -0.206. The van der Waals surface area contributed by atoms with Crippen molar-refractivity contribution in [3.05, 3.63) is 69.8 Å². The molecule has 0 spiro atoms. The predicted octanol–water partition coefficient (Wildman–Crippen LogP) is 4.65. The van der Waals surface area contributed by atoms with Gasteiger partial charge in [0.2, 0.25) is 0 Å². The number of hydrogen-bond acceptors (Lipinski definition) is 3. The van der Waals surface area contributed by atoms with Gasteiger partial charge in [-0.2, -0.15) is 0 Å². The van der Waals surface area contributed by atoms with Gasteiger partial charge in [-0.25, -0.2) is 4.39 Å². The van der Waals surface area contributed by atoms with Crippen molar-refractivity contribution in [2.75, 3.05) is 26.2 Å². The third kappa shape index (κ3) is 3.47. The normalized spacial score (nSPS) is 15.5. The summed E-state index contributed by atoms with van der Waals surface area (Å²) in [4.78, 5) is 17.7. The molecular weight excluding hydrogens is 371 g/mol. The van der Waals surface area contributed by atoms with Crippen molar-refractivity contribution in [3.63, 3.8) is 0 Å². The Morgan fingerprint density at radius 3 is 2.42 bits per heavy atom. The molecule has 2 aromatic carbocycles. The van der Waals surface area contributed by atoms with E-state index in [0.717, 1.165) is 35.3 Å². The third-order valence-corrected chi connectivity index (χ3v) is 6.37. The Kier molecular flexibility index (Phi) is 4.94. The summed E-state index contributed by atoms with van der Waals surface area (Å²) in [6.45, 7) is 3.71. The molecular formula is C20H18ClFN2OS. The van der Waals surface area contributed by atoms with E-state index in [-0.39, 0.29) is 11.7 Å². The maximum Gasteiger partial charge on any atom is 0.265 e. The van der Waals surface area contributed by atoms with Crippen LogP contribution >= 0.6 is 22.9 Å². The summed E-state index contributed by atoms with van der Waals surface area (Å²) in [5.41, 5.74) is 1.08. The molecule has 1 amide bonds. The molecule has 0 bridgehead atoms. The molecule has 3 nitrogen and oxygen atoms in total. The molecule has 1 aromatic heterocycles. The highest BCUT2D eigenvalue weighted by Crippen LogP contribution is 2.36. The molecule has 26 heavy (non-hydrogen) atoms. The lowest BCUT2D eigenvalue weighted by atomic mass is 10.2. The van der Waals surface area contributed by atoms with Crippen molar-refractivity contribution in [2.24, 2.45) is 0 Å². The minimum Gasteiger partial charge on any atom is -0.335 e. The topological polar surface area (TPSA) is 23.6 Å². The van der Waals surface area contributed by atoms with Crippen LogP contribution in [0.5, 0.6) is 0 Å². The Bertz CT molecular complexity index is 933. The van der Waals surface area contributed by atoms with Gasteiger partial charge in [-0.05, 0) is 23.8 Å². The lowest BCUT2D eigenvalue weighted by molar-refractivity contribution is 0.0633. The highest BCUT2D eigenvalue weighted by atomic mass is 35.5. The number of nitrogens with zero attached hydrogens (tertiary/aromatic N) is 2. The lowest BCUT2D eigenvalue weighted by Gasteiger charge is -2.34. The van der Waals surface area contributed by atoms with Crippen LogP contribution in [-0.4, -0.2) is 41.9 Å². The molecule has 0 unspecified atom stereocenters. The molecule has 1 saturated heterocycles. The molecule has 1 aliphatic heterocycles.